The Bertz CT molecular complexity index is 501. The van der Waals surface area contributed by atoms with E-state index >= 15 is 0 Å². The highest BCUT2D eigenvalue weighted by Crippen LogP contribution is 2.35. The van der Waals surface area contributed by atoms with Gasteiger partial charge in [0.05, 0.1) is 6.20 Å². The van der Waals surface area contributed by atoms with Crippen LogP contribution in [-0.2, 0) is 7.05 Å². The van der Waals surface area contributed by atoms with Gasteiger partial charge in [-0.2, -0.15) is 5.10 Å². The Morgan fingerprint density at radius 2 is 2.25 bits per heavy atom. The average molecular weight is 213 g/mol. The number of rotatable bonds is 1. The molecular weight excluding hydrogens is 198 g/mol. The number of hydrogen-bond donors (Lipinski definition) is 1. The first-order valence-corrected chi connectivity index (χ1v) is 5.66. The molecule has 1 aliphatic heterocycles. The van der Waals surface area contributed by atoms with Crippen LogP contribution in [0.25, 0.3) is 0 Å². The number of nitrogens with one attached hydrogen (secondary N) is 1. The van der Waals surface area contributed by atoms with E-state index < -0.39 is 0 Å². The summed E-state index contributed by atoms with van der Waals surface area (Å²) in [6.07, 6.45) is 5.24. The van der Waals surface area contributed by atoms with Crippen LogP contribution in [0.4, 0.5) is 5.69 Å². The molecule has 2 heterocycles. The highest BCUT2D eigenvalue weighted by atomic mass is 15.2. The molecule has 1 atom stereocenters. The largest absolute Gasteiger partial charge is 0.385 e. The van der Waals surface area contributed by atoms with Crippen molar-refractivity contribution in [1.29, 1.82) is 0 Å². The summed E-state index contributed by atoms with van der Waals surface area (Å²) in [5, 5.41) is 7.70. The van der Waals surface area contributed by atoms with E-state index in [1.807, 2.05) is 17.9 Å². The van der Waals surface area contributed by atoms with Gasteiger partial charge < -0.3 is 5.32 Å². The van der Waals surface area contributed by atoms with Crippen LogP contribution < -0.4 is 5.32 Å². The van der Waals surface area contributed by atoms with Crippen LogP contribution in [0.5, 0.6) is 0 Å². The molecule has 1 aliphatic rings. The lowest BCUT2D eigenvalue weighted by atomic mass is 9.87. The molecule has 3 nitrogen and oxygen atoms in total. The number of aryl methyl sites for hydroxylation is 1. The van der Waals surface area contributed by atoms with E-state index in [0.29, 0.717) is 5.92 Å². The number of nitrogens with zero attached hydrogens (tertiary/aromatic N) is 2. The lowest BCUT2D eigenvalue weighted by Gasteiger charge is -2.25. The maximum atomic E-state index is 4.26. The Hall–Kier alpha value is -1.77. The minimum Gasteiger partial charge on any atom is -0.385 e. The smallest absolute Gasteiger partial charge is 0.0527 e. The van der Waals surface area contributed by atoms with Gasteiger partial charge in [-0.15, -0.1) is 0 Å². The third-order valence-corrected chi connectivity index (χ3v) is 3.21. The van der Waals surface area contributed by atoms with Crippen molar-refractivity contribution in [2.75, 3.05) is 11.9 Å². The number of para-hydroxylation sites is 1. The molecule has 0 spiro atoms. The van der Waals surface area contributed by atoms with Gasteiger partial charge in [-0.3, -0.25) is 4.68 Å². The summed E-state index contributed by atoms with van der Waals surface area (Å²) < 4.78 is 1.87. The first-order chi connectivity index (χ1) is 7.84. The summed E-state index contributed by atoms with van der Waals surface area (Å²) in [5.41, 5.74) is 3.97. The monoisotopic (exact) mass is 213 g/mol. The number of benzene rings is 1. The summed E-state index contributed by atoms with van der Waals surface area (Å²) in [7, 11) is 1.97. The average Bonchev–Trinajstić information content (AvgIpc) is 2.75. The van der Waals surface area contributed by atoms with Crippen molar-refractivity contribution in [3.8, 4) is 0 Å². The Kier molecular flexibility index (Phi) is 2.17. The molecule has 0 aliphatic carbocycles. The molecule has 16 heavy (non-hydrogen) atoms. The second-order valence-electron chi connectivity index (χ2n) is 4.30. The van der Waals surface area contributed by atoms with Crippen molar-refractivity contribution < 1.29 is 0 Å². The zero-order valence-electron chi connectivity index (χ0n) is 9.35. The van der Waals surface area contributed by atoms with Gasteiger partial charge in [-0.1, -0.05) is 18.2 Å². The van der Waals surface area contributed by atoms with Crippen molar-refractivity contribution in [1.82, 2.24) is 9.78 Å². The molecule has 0 saturated heterocycles. The highest BCUT2D eigenvalue weighted by molar-refractivity contribution is 5.56. The fraction of sp³-hybridized carbons (Fsp3) is 0.308. The molecule has 0 amide bonds. The van der Waals surface area contributed by atoms with Crippen molar-refractivity contribution >= 4 is 5.69 Å². The second kappa shape index (κ2) is 3.67. The Labute approximate surface area is 95.1 Å². The van der Waals surface area contributed by atoms with Crippen molar-refractivity contribution in [3.05, 3.63) is 47.8 Å². The minimum absolute atomic E-state index is 0.492. The van der Waals surface area contributed by atoms with Gasteiger partial charge >= 0.3 is 0 Å². The molecule has 0 bridgehead atoms. The molecule has 1 N–H and O–H groups in total. The zero-order chi connectivity index (χ0) is 11.0. The Balaban J connectivity index is 2.04. The molecule has 0 fully saturated rings. The minimum atomic E-state index is 0.492. The fourth-order valence-corrected chi connectivity index (χ4v) is 2.43. The van der Waals surface area contributed by atoms with Gasteiger partial charge in [0.2, 0.25) is 0 Å². The summed E-state index contributed by atoms with van der Waals surface area (Å²) in [6.45, 7) is 1.04. The topological polar surface area (TPSA) is 29.9 Å². The Morgan fingerprint density at radius 1 is 1.38 bits per heavy atom. The number of fused-ring (bicyclic) bond motifs is 1. The van der Waals surface area contributed by atoms with E-state index in [1.54, 1.807) is 0 Å². The molecule has 82 valence electrons. The Morgan fingerprint density at radius 3 is 3.06 bits per heavy atom. The van der Waals surface area contributed by atoms with E-state index in [1.165, 1.54) is 16.8 Å². The third kappa shape index (κ3) is 1.48. The van der Waals surface area contributed by atoms with Crippen LogP contribution in [0.1, 0.15) is 23.5 Å². The van der Waals surface area contributed by atoms with Gasteiger partial charge in [-0.05, 0) is 23.6 Å². The molecule has 3 rings (SSSR count). The summed E-state index contributed by atoms with van der Waals surface area (Å²) in [5.74, 6) is 0.492. The van der Waals surface area contributed by atoms with Crippen molar-refractivity contribution in [2.45, 2.75) is 12.3 Å². The first kappa shape index (κ1) is 9.46. The summed E-state index contributed by atoms with van der Waals surface area (Å²) in [4.78, 5) is 0. The normalized spacial score (nSPS) is 18.9. The molecule has 3 heteroatoms. The van der Waals surface area contributed by atoms with Gasteiger partial charge in [0.1, 0.15) is 0 Å². The van der Waals surface area contributed by atoms with Crippen LogP contribution in [0.2, 0.25) is 0 Å². The lowest BCUT2D eigenvalue weighted by molar-refractivity contribution is 0.716. The van der Waals surface area contributed by atoms with Crippen LogP contribution >= 0.6 is 0 Å². The fourth-order valence-electron chi connectivity index (χ4n) is 2.43. The number of anilines is 1. The van der Waals surface area contributed by atoms with Gasteiger partial charge in [0.15, 0.2) is 0 Å². The van der Waals surface area contributed by atoms with Crippen molar-refractivity contribution in [3.63, 3.8) is 0 Å². The standard InChI is InChI=1S/C13H15N3/c1-16-9-10(8-15-16)11-6-7-14-13-5-3-2-4-12(11)13/h2-5,8-9,11,14H,6-7H2,1H3/t11-/m1/s1. The van der Waals surface area contributed by atoms with Crippen LogP contribution in [0.3, 0.4) is 0 Å². The zero-order valence-corrected chi connectivity index (χ0v) is 9.35. The quantitative estimate of drug-likeness (QED) is 0.788. The van der Waals surface area contributed by atoms with E-state index in [0.717, 1.165) is 13.0 Å². The number of hydrogen-bond acceptors (Lipinski definition) is 2. The number of aromatic nitrogens is 2. The van der Waals surface area contributed by atoms with E-state index in [2.05, 4.69) is 40.9 Å². The highest BCUT2D eigenvalue weighted by Gasteiger charge is 2.21. The summed E-state index contributed by atoms with van der Waals surface area (Å²) >= 11 is 0. The van der Waals surface area contributed by atoms with E-state index in [4.69, 9.17) is 0 Å². The molecule has 2 aromatic rings. The van der Waals surface area contributed by atoms with Crippen LogP contribution in [0.15, 0.2) is 36.7 Å². The second-order valence-corrected chi connectivity index (χ2v) is 4.30. The third-order valence-electron chi connectivity index (χ3n) is 3.21. The molecule has 0 unspecified atom stereocenters. The molecule has 0 saturated carbocycles. The first-order valence-electron chi connectivity index (χ1n) is 5.66. The maximum Gasteiger partial charge on any atom is 0.0527 e. The van der Waals surface area contributed by atoms with Crippen molar-refractivity contribution in [2.24, 2.45) is 7.05 Å². The van der Waals surface area contributed by atoms with Crippen LogP contribution in [0, 0.1) is 0 Å². The van der Waals surface area contributed by atoms with E-state index in [-0.39, 0.29) is 0 Å². The summed E-state index contributed by atoms with van der Waals surface area (Å²) in [6, 6.07) is 8.55. The van der Waals surface area contributed by atoms with Gasteiger partial charge in [0.25, 0.3) is 0 Å². The molecule has 1 aromatic heterocycles. The predicted molar refractivity (Wildman–Crippen MR) is 64.6 cm³/mol. The van der Waals surface area contributed by atoms with Gasteiger partial charge in [-0.25, -0.2) is 0 Å². The maximum absolute atomic E-state index is 4.26. The van der Waals surface area contributed by atoms with Crippen LogP contribution in [-0.4, -0.2) is 16.3 Å². The van der Waals surface area contributed by atoms with Gasteiger partial charge in [0, 0.05) is 31.4 Å². The SMILES string of the molecule is Cn1cc([C@H]2CCNc3ccccc32)cn1. The molecular formula is C13H15N3. The molecule has 0 radical (unpaired) electrons. The lowest BCUT2D eigenvalue weighted by Crippen LogP contribution is -2.17. The van der Waals surface area contributed by atoms with E-state index in [9.17, 15) is 0 Å². The molecule has 1 aromatic carbocycles. The predicted octanol–water partition coefficient (Wildman–Crippen LogP) is 2.37.